The number of carbonyl (C=O) groups is 2. The Bertz CT molecular complexity index is 691. The number of hydrogen-bond acceptors (Lipinski definition) is 5. The van der Waals surface area contributed by atoms with Crippen molar-refractivity contribution in [3.05, 3.63) is 59.8 Å². The van der Waals surface area contributed by atoms with Crippen LogP contribution in [0.3, 0.4) is 0 Å². The molecule has 0 aliphatic heterocycles. The lowest BCUT2D eigenvalue weighted by molar-refractivity contribution is 0.0997. The smallest absolute Gasteiger partial charge is 0.413 e. The van der Waals surface area contributed by atoms with Crippen LogP contribution in [0.4, 0.5) is 10.6 Å². The second-order valence-corrected chi connectivity index (χ2v) is 4.38. The summed E-state index contributed by atoms with van der Waals surface area (Å²) in [4.78, 5) is 27.0. The molecule has 0 aliphatic carbocycles. The van der Waals surface area contributed by atoms with Crippen molar-refractivity contribution in [2.75, 3.05) is 5.32 Å². The molecule has 2 rings (SSSR count). The number of nitriles is 1. The first-order chi connectivity index (χ1) is 10.7. The molecular weight excluding hydrogens is 282 g/mol. The van der Waals surface area contributed by atoms with E-state index in [1.54, 1.807) is 6.07 Å². The highest BCUT2D eigenvalue weighted by Gasteiger charge is 2.08. The van der Waals surface area contributed by atoms with Crippen molar-refractivity contribution in [1.29, 1.82) is 5.26 Å². The monoisotopic (exact) mass is 295 g/mol. The molecule has 110 valence electrons. The zero-order valence-corrected chi connectivity index (χ0v) is 11.7. The van der Waals surface area contributed by atoms with Crippen LogP contribution in [-0.2, 0) is 11.3 Å². The van der Waals surface area contributed by atoms with Crippen LogP contribution in [0.2, 0.25) is 0 Å². The Morgan fingerprint density at radius 1 is 1.18 bits per heavy atom. The number of anilines is 1. The molecule has 0 atom stereocenters. The summed E-state index contributed by atoms with van der Waals surface area (Å²) >= 11 is 0. The number of ether oxygens (including phenoxy) is 1. The molecule has 2 aromatic rings. The van der Waals surface area contributed by atoms with Gasteiger partial charge in [-0.25, -0.2) is 9.78 Å². The maximum Gasteiger partial charge on any atom is 0.413 e. The second kappa shape index (κ2) is 7.55. The predicted octanol–water partition coefficient (Wildman–Crippen LogP) is 2.93. The van der Waals surface area contributed by atoms with E-state index in [0.29, 0.717) is 5.56 Å². The first kappa shape index (κ1) is 15.2. The fourth-order valence-corrected chi connectivity index (χ4v) is 1.67. The maximum atomic E-state index is 11.6. The van der Waals surface area contributed by atoms with Crippen molar-refractivity contribution in [2.45, 2.75) is 13.0 Å². The van der Waals surface area contributed by atoms with Crippen LogP contribution in [0, 0.1) is 11.3 Å². The van der Waals surface area contributed by atoms with Crippen LogP contribution in [0.15, 0.2) is 48.7 Å². The molecule has 0 bridgehead atoms. The molecule has 0 saturated carbocycles. The molecule has 0 radical (unpaired) electrons. The van der Waals surface area contributed by atoms with Crippen LogP contribution in [0.1, 0.15) is 22.3 Å². The van der Waals surface area contributed by atoms with Gasteiger partial charge < -0.3 is 4.74 Å². The van der Waals surface area contributed by atoms with E-state index in [1.165, 1.54) is 18.3 Å². The third kappa shape index (κ3) is 4.42. The molecule has 0 unspecified atom stereocenters. The number of benzene rings is 1. The van der Waals surface area contributed by atoms with Gasteiger partial charge in [0.15, 0.2) is 5.78 Å². The molecule has 0 saturated heterocycles. The largest absolute Gasteiger partial charge is 0.444 e. The number of amides is 1. The summed E-state index contributed by atoms with van der Waals surface area (Å²) in [7, 11) is 0. The zero-order valence-electron chi connectivity index (χ0n) is 11.7. The minimum atomic E-state index is -0.632. The molecule has 1 amide bonds. The van der Waals surface area contributed by atoms with Gasteiger partial charge in [0.1, 0.15) is 12.4 Å². The van der Waals surface area contributed by atoms with Gasteiger partial charge in [0, 0.05) is 11.8 Å². The van der Waals surface area contributed by atoms with Gasteiger partial charge in [-0.1, -0.05) is 30.3 Å². The molecule has 0 aliphatic rings. The summed E-state index contributed by atoms with van der Waals surface area (Å²) in [6.07, 6.45) is 0.479. The zero-order chi connectivity index (χ0) is 15.8. The van der Waals surface area contributed by atoms with Crippen molar-refractivity contribution in [3.63, 3.8) is 0 Å². The average Bonchev–Trinajstić information content (AvgIpc) is 2.55. The van der Waals surface area contributed by atoms with Gasteiger partial charge in [-0.05, 0) is 17.7 Å². The average molecular weight is 295 g/mol. The summed E-state index contributed by atoms with van der Waals surface area (Å²) < 4.78 is 5.05. The van der Waals surface area contributed by atoms with Crippen LogP contribution in [0.5, 0.6) is 0 Å². The van der Waals surface area contributed by atoms with Crippen molar-refractivity contribution >= 4 is 17.7 Å². The Balaban J connectivity index is 1.87. The molecule has 0 spiro atoms. The molecule has 1 N–H and O–H groups in total. The number of rotatable bonds is 5. The molecular formula is C16H13N3O3. The summed E-state index contributed by atoms with van der Waals surface area (Å²) in [5.74, 6) is -0.0419. The van der Waals surface area contributed by atoms with E-state index in [2.05, 4.69) is 10.3 Å². The minimum Gasteiger partial charge on any atom is -0.444 e. The molecule has 6 heteroatoms. The molecule has 1 aromatic carbocycles. The fourth-order valence-electron chi connectivity index (χ4n) is 1.67. The number of nitrogens with zero attached hydrogens (tertiary/aromatic N) is 2. The van der Waals surface area contributed by atoms with Crippen LogP contribution in [-0.4, -0.2) is 16.9 Å². The molecule has 1 heterocycles. The van der Waals surface area contributed by atoms with Crippen molar-refractivity contribution in [3.8, 4) is 6.07 Å². The van der Waals surface area contributed by atoms with Crippen molar-refractivity contribution < 1.29 is 14.3 Å². The first-order valence-electron chi connectivity index (χ1n) is 6.53. The van der Waals surface area contributed by atoms with Gasteiger partial charge in [-0.2, -0.15) is 5.26 Å². The van der Waals surface area contributed by atoms with E-state index in [4.69, 9.17) is 10.00 Å². The van der Waals surface area contributed by atoms with E-state index in [-0.39, 0.29) is 24.6 Å². The third-order valence-electron chi connectivity index (χ3n) is 2.77. The topological polar surface area (TPSA) is 92.1 Å². The quantitative estimate of drug-likeness (QED) is 0.856. The second-order valence-electron chi connectivity index (χ2n) is 4.38. The predicted molar refractivity (Wildman–Crippen MR) is 79.0 cm³/mol. The fraction of sp³-hybridized carbons (Fsp3) is 0.125. The number of pyridine rings is 1. The number of ketones is 1. The van der Waals surface area contributed by atoms with Crippen LogP contribution < -0.4 is 5.32 Å². The van der Waals surface area contributed by atoms with Gasteiger partial charge in [0.05, 0.1) is 12.5 Å². The van der Waals surface area contributed by atoms with Gasteiger partial charge in [-0.3, -0.25) is 10.1 Å². The summed E-state index contributed by atoms with van der Waals surface area (Å²) in [6, 6.07) is 14.0. The van der Waals surface area contributed by atoms with Gasteiger partial charge in [0.25, 0.3) is 0 Å². The SMILES string of the molecule is N#CCC(=O)c1ccc(NC(=O)OCc2ccccc2)nc1. The number of aromatic nitrogens is 1. The van der Waals surface area contributed by atoms with Gasteiger partial charge in [0.2, 0.25) is 0 Å². The lowest BCUT2D eigenvalue weighted by Gasteiger charge is -2.06. The number of Topliss-reactive ketones (excluding diaryl/α,β-unsaturated/α-hetero) is 1. The third-order valence-corrected chi connectivity index (χ3v) is 2.77. The van der Waals surface area contributed by atoms with Crippen molar-refractivity contribution in [1.82, 2.24) is 4.98 Å². The Morgan fingerprint density at radius 3 is 2.59 bits per heavy atom. The molecule has 0 fully saturated rings. The first-order valence-corrected chi connectivity index (χ1v) is 6.53. The lowest BCUT2D eigenvalue weighted by atomic mass is 10.1. The van der Waals surface area contributed by atoms with E-state index in [9.17, 15) is 9.59 Å². The standard InChI is InChI=1S/C16H13N3O3/c17-9-8-14(20)13-6-7-15(18-10-13)19-16(21)22-11-12-4-2-1-3-5-12/h1-7,10H,8,11H2,(H,18,19,21). The highest BCUT2D eigenvalue weighted by atomic mass is 16.5. The molecule has 1 aromatic heterocycles. The lowest BCUT2D eigenvalue weighted by Crippen LogP contribution is -2.14. The van der Waals surface area contributed by atoms with E-state index < -0.39 is 6.09 Å². The van der Waals surface area contributed by atoms with Crippen molar-refractivity contribution in [2.24, 2.45) is 0 Å². The minimum absolute atomic E-state index is 0.158. The van der Waals surface area contributed by atoms with Gasteiger partial charge in [-0.15, -0.1) is 0 Å². The number of nitrogens with one attached hydrogen (secondary N) is 1. The van der Waals surface area contributed by atoms with Crippen LogP contribution >= 0.6 is 0 Å². The highest BCUT2D eigenvalue weighted by molar-refractivity contribution is 5.97. The number of carbonyl (C=O) groups excluding carboxylic acids is 2. The Labute approximate surface area is 127 Å². The van der Waals surface area contributed by atoms with E-state index in [0.717, 1.165) is 5.56 Å². The summed E-state index contributed by atoms with van der Waals surface area (Å²) in [5.41, 5.74) is 1.20. The van der Waals surface area contributed by atoms with Crippen LogP contribution in [0.25, 0.3) is 0 Å². The highest BCUT2D eigenvalue weighted by Crippen LogP contribution is 2.08. The van der Waals surface area contributed by atoms with E-state index >= 15 is 0 Å². The molecule has 22 heavy (non-hydrogen) atoms. The number of hydrogen-bond donors (Lipinski definition) is 1. The summed E-state index contributed by atoms with van der Waals surface area (Å²) in [5, 5.41) is 10.9. The Morgan fingerprint density at radius 2 is 1.95 bits per heavy atom. The Hall–Kier alpha value is -3.20. The van der Waals surface area contributed by atoms with Gasteiger partial charge >= 0.3 is 6.09 Å². The maximum absolute atomic E-state index is 11.6. The summed E-state index contributed by atoms with van der Waals surface area (Å²) in [6.45, 7) is 0.158. The normalized spacial score (nSPS) is 9.59. The van der Waals surface area contributed by atoms with E-state index in [1.807, 2.05) is 30.3 Å². The Kier molecular flexibility index (Phi) is 5.21. The molecule has 6 nitrogen and oxygen atoms in total.